The highest BCUT2D eigenvalue weighted by molar-refractivity contribution is 5.95. The number of aromatic nitrogens is 1. The van der Waals surface area contributed by atoms with Crippen molar-refractivity contribution in [3.05, 3.63) is 64.5 Å². The second kappa shape index (κ2) is 10.8. The zero-order chi connectivity index (χ0) is 24.4. The molecule has 5 rings (SSSR count). The van der Waals surface area contributed by atoms with Crippen LogP contribution in [-0.4, -0.2) is 46.9 Å². The number of benzene rings is 1. The van der Waals surface area contributed by atoms with Crippen LogP contribution in [0.15, 0.2) is 36.4 Å². The van der Waals surface area contributed by atoms with Crippen molar-refractivity contribution in [2.45, 2.75) is 84.1 Å². The first kappa shape index (κ1) is 24.5. The third kappa shape index (κ3) is 5.63. The summed E-state index contributed by atoms with van der Waals surface area (Å²) in [5.41, 5.74) is 5.75. The van der Waals surface area contributed by atoms with Crippen LogP contribution in [-0.2, 0) is 6.54 Å². The average molecular weight is 474 g/mol. The monoisotopic (exact) mass is 473 g/mol. The lowest BCUT2D eigenvalue weighted by atomic mass is 9.75. The van der Waals surface area contributed by atoms with E-state index in [0.717, 1.165) is 68.4 Å². The lowest BCUT2D eigenvalue weighted by Gasteiger charge is -2.41. The van der Waals surface area contributed by atoms with Crippen LogP contribution in [0.4, 0.5) is 0 Å². The van der Waals surface area contributed by atoms with Crippen LogP contribution in [0, 0.1) is 18.8 Å². The van der Waals surface area contributed by atoms with E-state index in [4.69, 9.17) is 4.98 Å². The Labute approximate surface area is 212 Å². The Kier molecular flexibility index (Phi) is 7.57. The van der Waals surface area contributed by atoms with Crippen LogP contribution >= 0.6 is 0 Å². The van der Waals surface area contributed by atoms with Crippen molar-refractivity contribution in [1.82, 2.24) is 14.8 Å². The molecule has 3 fully saturated rings. The number of carbonyl (C=O) groups excluding carboxylic acids is 1. The van der Waals surface area contributed by atoms with Crippen molar-refractivity contribution < 1.29 is 4.79 Å². The largest absolute Gasteiger partial charge is 0.338 e. The van der Waals surface area contributed by atoms with Crippen molar-refractivity contribution >= 4 is 5.91 Å². The Morgan fingerprint density at radius 2 is 1.63 bits per heavy atom. The van der Waals surface area contributed by atoms with Gasteiger partial charge in [0.15, 0.2) is 0 Å². The first-order chi connectivity index (χ1) is 17.0. The summed E-state index contributed by atoms with van der Waals surface area (Å²) >= 11 is 0. The Balaban J connectivity index is 1.23. The van der Waals surface area contributed by atoms with Crippen LogP contribution in [0.5, 0.6) is 0 Å². The zero-order valence-electron chi connectivity index (χ0n) is 22.0. The van der Waals surface area contributed by atoms with E-state index < -0.39 is 0 Å². The lowest BCUT2D eigenvalue weighted by molar-refractivity contribution is 0.0518. The highest BCUT2D eigenvalue weighted by Crippen LogP contribution is 2.37. The van der Waals surface area contributed by atoms with Gasteiger partial charge in [0.25, 0.3) is 5.91 Å². The van der Waals surface area contributed by atoms with Crippen molar-refractivity contribution in [3.63, 3.8) is 0 Å². The Hall–Kier alpha value is -2.20. The number of amides is 1. The number of likely N-dealkylation sites (tertiary alicyclic amines) is 2. The second-order valence-corrected chi connectivity index (χ2v) is 11.7. The highest BCUT2D eigenvalue weighted by atomic mass is 16.2. The number of fused-ring (bicyclic) bond motifs is 1. The quantitative estimate of drug-likeness (QED) is 0.494. The van der Waals surface area contributed by atoms with Gasteiger partial charge in [-0.3, -0.25) is 14.7 Å². The summed E-state index contributed by atoms with van der Waals surface area (Å²) in [5, 5.41) is 0. The van der Waals surface area contributed by atoms with Crippen molar-refractivity contribution in [3.8, 4) is 0 Å². The maximum absolute atomic E-state index is 13.7. The number of carbonyl (C=O) groups is 1. The number of aryl methyl sites for hydroxylation is 1. The molecular formula is C31H43N3O. The molecule has 1 aromatic heterocycles. The highest BCUT2D eigenvalue weighted by Gasteiger charge is 2.35. The molecule has 0 unspecified atom stereocenters. The molecule has 0 N–H and O–H groups in total. The number of nitrogens with zero attached hydrogens (tertiary/aromatic N) is 3. The van der Waals surface area contributed by atoms with E-state index in [0.29, 0.717) is 17.8 Å². The minimum absolute atomic E-state index is 0.226. The molecule has 2 aliphatic heterocycles. The molecule has 4 heteroatoms. The van der Waals surface area contributed by atoms with Gasteiger partial charge in [-0.1, -0.05) is 57.4 Å². The molecule has 2 atom stereocenters. The average Bonchev–Trinajstić information content (AvgIpc) is 2.89. The molecule has 0 spiro atoms. The van der Waals surface area contributed by atoms with Crippen LogP contribution in [0.1, 0.15) is 104 Å². The fourth-order valence-electron chi connectivity index (χ4n) is 6.66. The molecule has 1 aliphatic carbocycles. The van der Waals surface area contributed by atoms with Gasteiger partial charge >= 0.3 is 0 Å². The van der Waals surface area contributed by atoms with Crippen LogP contribution in [0.25, 0.3) is 0 Å². The molecule has 1 aromatic carbocycles. The molecule has 0 bridgehead atoms. The number of rotatable bonds is 5. The molecule has 1 saturated carbocycles. The lowest BCUT2D eigenvalue weighted by Crippen LogP contribution is -2.45. The number of piperidine rings is 2. The summed E-state index contributed by atoms with van der Waals surface area (Å²) in [4.78, 5) is 23.4. The minimum atomic E-state index is 0.226. The molecule has 2 aromatic rings. The Morgan fingerprint density at radius 1 is 0.914 bits per heavy atom. The summed E-state index contributed by atoms with van der Waals surface area (Å²) in [6.07, 6.45) is 8.71. The van der Waals surface area contributed by atoms with Crippen molar-refractivity contribution in [2.24, 2.45) is 11.8 Å². The maximum atomic E-state index is 13.7. The number of hydrogen-bond acceptors (Lipinski definition) is 3. The van der Waals surface area contributed by atoms with E-state index in [1.165, 1.54) is 43.2 Å². The minimum Gasteiger partial charge on any atom is -0.338 e. The predicted molar refractivity (Wildman–Crippen MR) is 143 cm³/mol. The Bertz CT molecular complexity index is 1010. The van der Waals surface area contributed by atoms with E-state index in [1.807, 2.05) is 6.07 Å². The van der Waals surface area contributed by atoms with Crippen molar-refractivity contribution in [2.75, 3.05) is 26.2 Å². The molecule has 4 nitrogen and oxygen atoms in total. The standard InChI is InChI=1S/C31H43N3O/c1-22(2)25-11-9-24(10-12-25)20-33-17-14-27(15-18-33)30-29(13-8-23(3)32-30)31(35)34-19-16-26-6-4-5-7-28(26)21-34/h8-13,22,26-28H,4-7,14-21H2,1-3H3/t26-,28+/m1/s1. The molecular weight excluding hydrogens is 430 g/mol. The summed E-state index contributed by atoms with van der Waals surface area (Å²) in [5.74, 6) is 2.73. The van der Waals surface area contributed by atoms with Gasteiger partial charge in [-0.05, 0) is 86.7 Å². The van der Waals surface area contributed by atoms with E-state index >= 15 is 0 Å². The van der Waals surface area contributed by atoms with Gasteiger partial charge in [-0.15, -0.1) is 0 Å². The van der Waals surface area contributed by atoms with Crippen LogP contribution in [0.3, 0.4) is 0 Å². The SMILES string of the molecule is Cc1ccc(C(=O)N2CC[C@H]3CCCC[C@H]3C2)c(C2CCN(Cc3ccc(C(C)C)cc3)CC2)n1. The topological polar surface area (TPSA) is 36.4 Å². The fraction of sp³-hybridized carbons (Fsp3) is 0.613. The zero-order valence-corrected chi connectivity index (χ0v) is 22.0. The Morgan fingerprint density at radius 3 is 2.34 bits per heavy atom. The molecule has 1 amide bonds. The van der Waals surface area contributed by atoms with Gasteiger partial charge in [-0.2, -0.15) is 0 Å². The smallest absolute Gasteiger partial charge is 0.255 e. The predicted octanol–water partition coefficient (Wildman–Crippen LogP) is 6.55. The maximum Gasteiger partial charge on any atom is 0.255 e. The van der Waals surface area contributed by atoms with Crippen LogP contribution in [0.2, 0.25) is 0 Å². The van der Waals surface area contributed by atoms with E-state index in [-0.39, 0.29) is 5.91 Å². The van der Waals surface area contributed by atoms with E-state index in [2.05, 4.69) is 60.9 Å². The number of pyridine rings is 1. The fourth-order valence-corrected chi connectivity index (χ4v) is 6.66. The van der Waals surface area contributed by atoms with Gasteiger partial charge in [0.1, 0.15) is 0 Å². The van der Waals surface area contributed by atoms with Gasteiger partial charge in [0, 0.05) is 31.2 Å². The van der Waals surface area contributed by atoms with Gasteiger partial charge in [-0.25, -0.2) is 0 Å². The summed E-state index contributed by atoms with van der Waals surface area (Å²) in [6.45, 7) is 11.6. The van der Waals surface area contributed by atoms with Gasteiger partial charge in [0.05, 0.1) is 11.3 Å². The van der Waals surface area contributed by atoms with Crippen molar-refractivity contribution in [1.29, 1.82) is 0 Å². The second-order valence-electron chi connectivity index (χ2n) is 11.7. The first-order valence-electron chi connectivity index (χ1n) is 14.1. The third-order valence-electron chi connectivity index (χ3n) is 8.90. The normalized spacial score (nSPS) is 23.9. The molecule has 2 saturated heterocycles. The third-order valence-corrected chi connectivity index (χ3v) is 8.90. The van der Waals surface area contributed by atoms with Crippen LogP contribution < -0.4 is 0 Å². The first-order valence-corrected chi connectivity index (χ1v) is 14.1. The summed E-state index contributed by atoms with van der Waals surface area (Å²) in [6, 6.07) is 13.2. The van der Waals surface area contributed by atoms with Gasteiger partial charge in [0.2, 0.25) is 0 Å². The molecule has 0 radical (unpaired) electrons. The number of hydrogen-bond donors (Lipinski definition) is 0. The van der Waals surface area contributed by atoms with E-state index in [1.54, 1.807) is 0 Å². The molecule has 3 heterocycles. The molecule has 3 aliphatic rings. The summed E-state index contributed by atoms with van der Waals surface area (Å²) in [7, 11) is 0. The molecule has 188 valence electrons. The summed E-state index contributed by atoms with van der Waals surface area (Å²) < 4.78 is 0. The van der Waals surface area contributed by atoms with E-state index in [9.17, 15) is 4.79 Å². The molecule has 35 heavy (non-hydrogen) atoms. The van der Waals surface area contributed by atoms with Gasteiger partial charge < -0.3 is 4.90 Å².